The smallest absolute Gasteiger partial charge is 0.311 e. The van der Waals surface area contributed by atoms with E-state index in [1.165, 1.54) is 0 Å². The van der Waals surface area contributed by atoms with Crippen molar-refractivity contribution in [2.24, 2.45) is 0 Å². The average Bonchev–Trinajstić information content (AvgIpc) is 2.46. The first-order valence-electron chi connectivity index (χ1n) is 6.53. The number of ether oxygens (including phenoxy) is 1. The summed E-state index contributed by atoms with van der Waals surface area (Å²) < 4.78 is 5.17. The normalized spacial score (nSPS) is 11.9. The summed E-state index contributed by atoms with van der Waals surface area (Å²) in [5.74, 6) is -0.703. The summed E-state index contributed by atoms with van der Waals surface area (Å²) in [7, 11) is 1.58. The molecule has 0 saturated carbocycles. The van der Waals surface area contributed by atoms with E-state index < -0.39 is 11.9 Å². The van der Waals surface area contributed by atoms with Crippen LogP contribution in [0.4, 0.5) is 0 Å². The molecular formula is C17H18O3. The minimum Gasteiger partial charge on any atom is -0.497 e. The van der Waals surface area contributed by atoms with Gasteiger partial charge in [-0.15, -0.1) is 0 Å². The SMILES string of the molecule is COc1cccc(C(Cc2ccccc2C)C(=O)O)c1. The zero-order valence-corrected chi connectivity index (χ0v) is 11.7. The predicted octanol–water partition coefficient (Wildman–Crippen LogP) is 3.41. The van der Waals surface area contributed by atoms with Gasteiger partial charge in [-0.3, -0.25) is 4.79 Å². The summed E-state index contributed by atoms with van der Waals surface area (Å²) in [5.41, 5.74) is 2.93. The van der Waals surface area contributed by atoms with Crippen LogP contribution in [-0.4, -0.2) is 18.2 Å². The molecule has 2 aromatic carbocycles. The van der Waals surface area contributed by atoms with Crippen molar-refractivity contribution in [2.45, 2.75) is 19.3 Å². The van der Waals surface area contributed by atoms with Crippen LogP contribution in [0.25, 0.3) is 0 Å². The third-order valence-electron chi connectivity index (χ3n) is 3.48. The fourth-order valence-corrected chi connectivity index (χ4v) is 2.27. The number of carbonyl (C=O) groups is 1. The molecule has 20 heavy (non-hydrogen) atoms. The molecule has 0 heterocycles. The van der Waals surface area contributed by atoms with E-state index in [0.717, 1.165) is 16.7 Å². The van der Waals surface area contributed by atoms with Crippen LogP contribution in [0.1, 0.15) is 22.6 Å². The number of aryl methyl sites for hydroxylation is 1. The molecule has 0 aliphatic heterocycles. The largest absolute Gasteiger partial charge is 0.497 e. The van der Waals surface area contributed by atoms with Gasteiger partial charge in [0, 0.05) is 0 Å². The number of aliphatic carboxylic acids is 1. The molecule has 3 nitrogen and oxygen atoms in total. The van der Waals surface area contributed by atoms with Crippen molar-refractivity contribution in [3.05, 3.63) is 65.2 Å². The summed E-state index contributed by atoms with van der Waals surface area (Å²) in [5, 5.41) is 9.50. The summed E-state index contributed by atoms with van der Waals surface area (Å²) >= 11 is 0. The average molecular weight is 270 g/mol. The first-order chi connectivity index (χ1) is 9.61. The van der Waals surface area contributed by atoms with Gasteiger partial charge in [0.15, 0.2) is 0 Å². The maximum Gasteiger partial charge on any atom is 0.311 e. The van der Waals surface area contributed by atoms with Crippen LogP contribution in [0.15, 0.2) is 48.5 Å². The van der Waals surface area contributed by atoms with E-state index in [1.807, 2.05) is 49.4 Å². The van der Waals surface area contributed by atoms with Crippen molar-refractivity contribution >= 4 is 5.97 Å². The van der Waals surface area contributed by atoms with Crippen molar-refractivity contribution < 1.29 is 14.6 Å². The Morgan fingerprint density at radius 1 is 1.20 bits per heavy atom. The molecule has 0 amide bonds. The number of carboxylic acid groups (broad SMARTS) is 1. The highest BCUT2D eigenvalue weighted by Gasteiger charge is 2.21. The van der Waals surface area contributed by atoms with Gasteiger partial charge in [0.05, 0.1) is 13.0 Å². The van der Waals surface area contributed by atoms with Gasteiger partial charge in [0.1, 0.15) is 5.75 Å². The van der Waals surface area contributed by atoms with Gasteiger partial charge in [-0.1, -0.05) is 36.4 Å². The first kappa shape index (κ1) is 14.1. The van der Waals surface area contributed by atoms with E-state index in [-0.39, 0.29) is 0 Å². The third-order valence-corrected chi connectivity index (χ3v) is 3.48. The Bertz CT molecular complexity index is 605. The molecule has 0 spiro atoms. The molecule has 104 valence electrons. The van der Waals surface area contributed by atoms with Crippen LogP contribution in [0.5, 0.6) is 5.75 Å². The van der Waals surface area contributed by atoms with Gasteiger partial charge in [-0.05, 0) is 42.2 Å². The fraction of sp³-hybridized carbons (Fsp3) is 0.235. The Labute approximate surface area is 118 Å². The van der Waals surface area contributed by atoms with Crippen molar-refractivity contribution in [3.8, 4) is 5.75 Å². The number of carboxylic acids is 1. The van der Waals surface area contributed by atoms with Crippen LogP contribution in [0.2, 0.25) is 0 Å². The molecule has 0 aliphatic rings. The second-order valence-corrected chi connectivity index (χ2v) is 4.80. The Morgan fingerprint density at radius 3 is 2.60 bits per heavy atom. The third kappa shape index (κ3) is 3.18. The summed E-state index contributed by atoms with van der Waals surface area (Å²) in [6, 6.07) is 15.1. The van der Waals surface area contributed by atoms with Gasteiger partial charge < -0.3 is 9.84 Å². The second-order valence-electron chi connectivity index (χ2n) is 4.80. The molecule has 0 fully saturated rings. The van der Waals surface area contributed by atoms with Crippen LogP contribution in [0, 0.1) is 6.92 Å². The highest BCUT2D eigenvalue weighted by atomic mass is 16.5. The first-order valence-corrected chi connectivity index (χ1v) is 6.53. The molecule has 2 rings (SSSR count). The molecule has 0 bridgehead atoms. The maximum atomic E-state index is 11.6. The van der Waals surface area contributed by atoms with Gasteiger partial charge in [0.25, 0.3) is 0 Å². The quantitative estimate of drug-likeness (QED) is 0.905. The lowest BCUT2D eigenvalue weighted by Crippen LogP contribution is -2.15. The molecule has 0 aliphatic carbocycles. The van der Waals surface area contributed by atoms with E-state index in [1.54, 1.807) is 13.2 Å². The maximum absolute atomic E-state index is 11.6. The Hall–Kier alpha value is -2.29. The predicted molar refractivity (Wildman–Crippen MR) is 78.3 cm³/mol. The van der Waals surface area contributed by atoms with Crippen LogP contribution in [0.3, 0.4) is 0 Å². The molecule has 0 aromatic heterocycles. The van der Waals surface area contributed by atoms with E-state index >= 15 is 0 Å². The molecule has 2 aromatic rings. The molecular weight excluding hydrogens is 252 g/mol. The van der Waals surface area contributed by atoms with E-state index in [0.29, 0.717) is 12.2 Å². The van der Waals surface area contributed by atoms with Gasteiger partial charge in [-0.2, -0.15) is 0 Å². The lowest BCUT2D eigenvalue weighted by Gasteiger charge is -2.15. The second kappa shape index (κ2) is 6.24. The minimum atomic E-state index is -0.818. The van der Waals surface area contributed by atoms with Crippen LogP contribution in [-0.2, 0) is 11.2 Å². The zero-order chi connectivity index (χ0) is 14.5. The number of hydrogen-bond acceptors (Lipinski definition) is 2. The fourth-order valence-electron chi connectivity index (χ4n) is 2.27. The van der Waals surface area contributed by atoms with Crippen LogP contribution < -0.4 is 4.74 Å². The van der Waals surface area contributed by atoms with E-state index in [4.69, 9.17) is 4.74 Å². The Balaban J connectivity index is 2.32. The number of rotatable bonds is 5. The molecule has 1 unspecified atom stereocenters. The van der Waals surface area contributed by atoms with Crippen molar-refractivity contribution in [3.63, 3.8) is 0 Å². The van der Waals surface area contributed by atoms with Crippen molar-refractivity contribution in [1.82, 2.24) is 0 Å². The molecule has 3 heteroatoms. The Morgan fingerprint density at radius 2 is 1.95 bits per heavy atom. The number of methoxy groups -OCH3 is 1. The molecule has 1 N–H and O–H groups in total. The van der Waals surface area contributed by atoms with Crippen LogP contribution >= 0.6 is 0 Å². The summed E-state index contributed by atoms with van der Waals surface area (Å²) in [6.07, 6.45) is 0.481. The van der Waals surface area contributed by atoms with Gasteiger partial charge >= 0.3 is 5.97 Å². The number of hydrogen-bond donors (Lipinski definition) is 1. The van der Waals surface area contributed by atoms with Crippen molar-refractivity contribution in [2.75, 3.05) is 7.11 Å². The molecule has 1 atom stereocenters. The van der Waals surface area contributed by atoms with E-state index in [9.17, 15) is 9.90 Å². The topological polar surface area (TPSA) is 46.5 Å². The summed E-state index contributed by atoms with van der Waals surface area (Å²) in [4.78, 5) is 11.6. The summed E-state index contributed by atoms with van der Waals surface area (Å²) in [6.45, 7) is 2.00. The molecule has 0 radical (unpaired) electrons. The molecule has 0 saturated heterocycles. The van der Waals surface area contributed by atoms with Gasteiger partial charge in [0.2, 0.25) is 0 Å². The Kier molecular flexibility index (Phi) is 4.41. The van der Waals surface area contributed by atoms with Crippen molar-refractivity contribution in [1.29, 1.82) is 0 Å². The monoisotopic (exact) mass is 270 g/mol. The highest BCUT2D eigenvalue weighted by Crippen LogP contribution is 2.25. The lowest BCUT2D eigenvalue weighted by molar-refractivity contribution is -0.138. The highest BCUT2D eigenvalue weighted by molar-refractivity contribution is 5.76. The minimum absolute atomic E-state index is 0.481. The zero-order valence-electron chi connectivity index (χ0n) is 11.7. The number of benzene rings is 2. The lowest BCUT2D eigenvalue weighted by atomic mass is 9.90. The van der Waals surface area contributed by atoms with E-state index in [2.05, 4.69) is 0 Å². The standard InChI is InChI=1S/C17H18O3/c1-12-6-3-4-7-13(12)11-16(17(18)19)14-8-5-9-15(10-14)20-2/h3-10,16H,11H2,1-2H3,(H,18,19). The van der Waals surface area contributed by atoms with Gasteiger partial charge in [-0.25, -0.2) is 0 Å².